The molecule has 2 N–H and O–H groups in total. The zero-order valence-electron chi connectivity index (χ0n) is 18.2. The smallest absolute Gasteiger partial charge is 0.143 e. The number of benzene rings is 2. The minimum Gasteiger partial charge on any atom is -0.396 e. The second-order valence-electron chi connectivity index (χ2n) is 9.26. The van der Waals surface area contributed by atoms with Gasteiger partial charge in [0.2, 0.25) is 0 Å². The summed E-state index contributed by atoms with van der Waals surface area (Å²) in [5.41, 5.74) is 8.25. The first kappa shape index (κ1) is 19.5. The molecule has 5 heteroatoms. The van der Waals surface area contributed by atoms with Gasteiger partial charge in [0.1, 0.15) is 5.76 Å². The predicted octanol–water partition coefficient (Wildman–Crippen LogP) is 4.81. The highest BCUT2D eigenvalue weighted by Crippen LogP contribution is 2.57. The second kappa shape index (κ2) is 7.45. The van der Waals surface area contributed by atoms with Crippen LogP contribution in [0.2, 0.25) is 0 Å². The zero-order valence-corrected chi connectivity index (χ0v) is 18.2. The van der Waals surface area contributed by atoms with Gasteiger partial charge in [-0.2, -0.15) is 5.10 Å². The number of aromatic nitrogens is 3. The molecule has 0 saturated carbocycles. The minimum atomic E-state index is -0.172. The van der Waals surface area contributed by atoms with Crippen LogP contribution in [0.3, 0.4) is 0 Å². The van der Waals surface area contributed by atoms with Gasteiger partial charge in [-0.25, -0.2) is 0 Å². The van der Waals surface area contributed by atoms with E-state index in [-0.39, 0.29) is 12.0 Å². The molecule has 0 fully saturated rings. The molecule has 0 radical (unpaired) electrons. The topological polar surface area (TPSA) is 74.9 Å². The summed E-state index contributed by atoms with van der Waals surface area (Å²) in [5, 5.41) is 21.7. The molecule has 0 amide bonds. The van der Waals surface area contributed by atoms with E-state index in [0.29, 0.717) is 18.3 Å². The standard InChI is InChI=1S/C27H27N3O2/c1-17-23-12-11-22-24(19-9-7-18(8-10-19)13-14-31)29-30-26(22)27(23,21-5-3-2-4-6-21)15-20-16-28-32-25(17)20/h2-10,16-17,23,31H,11-15H2,1H3,(H,29,30)/t17-,23-,27+/m0/s1. The Morgan fingerprint density at radius 1 is 1.12 bits per heavy atom. The van der Waals surface area contributed by atoms with Gasteiger partial charge in [-0.05, 0) is 42.7 Å². The van der Waals surface area contributed by atoms with Crippen molar-refractivity contribution in [3.8, 4) is 11.3 Å². The Kier molecular flexibility index (Phi) is 4.54. The number of aromatic amines is 1. The highest BCUT2D eigenvalue weighted by molar-refractivity contribution is 5.67. The van der Waals surface area contributed by atoms with Crippen LogP contribution < -0.4 is 0 Å². The Balaban J connectivity index is 1.52. The van der Waals surface area contributed by atoms with Crippen LogP contribution in [0.15, 0.2) is 65.3 Å². The Labute approximate surface area is 187 Å². The molecule has 162 valence electrons. The lowest BCUT2D eigenvalue weighted by molar-refractivity contribution is 0.190. The summed E-state index contributed by atoms with van der Waals surface area (Å²) in [7, 11) is 0. The Morgan fingerprint density at radius 2 is 1.94 bits per heavy atom. The first-order valence-electron chi connectivity index (χ1n) is 11.5. The number of H-pyrrole nitrogens is 1. The fraction of sp³-hybridized carbons (Fsp3) is 0.333. The summed E-state index contributed by atoms with van der Waals surface area (Å²) in [4.78, 5) is 0. The lowest BCUT2D eigenvalue weighted by Gasteiger charge is -2.49. The summed E-state index contributed by atoms with van der Waals surface area (Å²) < 4.78 is 5.70. The zero-order chi connectivity index (χ0) is 21.7. The Hall–Kier alpha value is -3.18. The molecule has 5 nitrogen and oxygen atoms in total. The van der Waals surface area contributed by atoms with E-state index in [1.54, 1.807) is 0 Å². The van der Waals surface area contributed by atoms with E-state index in [1.807, 2.05) is 6.20 Å². The van der Waals surface area contributed by atoms with E-state index in [1.165, 1.54) is 22.4 Å². The van der Waals surface area contributed by atoms with Gasteiger partial charge in [0, 0.05) is 34.6 Å². The van der Waals surface area contributed by atoms with E-state index in [9.17, 15) is 5.11 Å². The molecule has 3 atom stereocenters. The van der Waals surface area contributed by atoms with Crippen molar-refractivity contribution >= 4 is 0 Å². The van der Waals surface area contributed by atoms with Gasteiger partial charge in [0.25, 0.3) is 0 Å². The van der Waals surface area contributed by atoms with Crippen LogP contribution in [0.25, 0.3) is 11.3 Å². The number of nitrogens with zero attached hydrogens (tertiary/aromatic N) is 2. The lowest BCUT2D eigenvalue weighted by Crippen LogP contribution is -2.47. The minimum absolute atomic E-state index is 0.168. The van der Waals surface area contributed by atoms with Crippen molar-refractivity contribution in [1.82, 2.24) is 15.4 Å². The molecule has 0 unspecified atom stereocenters. The van der Waals surface area contributed by atoms with E-state index >= 15 is 0 Å². The SMILES string of the molecule is C[C@@H]1c2oncc2C[C@]2(c3ccccc3)c3[nH]nc(-c4ccc(CCO)cc4)c3CC[C@@H]12. The van der Waals surface area contributed by atoms with Gasteiger partial charge in [0.05, 0.1) is 17.6 Å². The van der Waals surface area contributed by atoms with Crippen molar-refractivity contribution in [2.24, 2.45) is 5.92 Å². The number of nitrogens with one attached hydrogen (secondary N) is 1. The summed E-state index contributed by atoms with van der Waals surface area (Å²) >= 11 is 0. The van der Waals surface area contributed by atoms with Crippen molar-refractivity contribution in [3.63, 3.8) is 0 Å². The third kappa shape index (κ3) is 2.74. The Morgan fingerprint density at radius 3 is 2.72 bits per heavy atom. The van der Waals surface area contributed by atoms with Crippen molar-refractivity contribution in [2.75, 3.05) is 6.61 Å². The largest absolute Gasteiger partial charge is 0.396 e. The molecule has 32 heavy (non-hydrogen) atoms. The molecule has 2 aliphatic rings. The molecule has 2 heterocycles. The highest BCUT2D eigenvalue weighted by atomic mass is 16.5. The lowest BCUT2D eigenvalue weighted by atomic mass is 9.53. The summed E-state index contributed by atoms with van der Waals surface area (Å²) in [6.45, 7) is 2.45. The average Bonchev–Trinajstić information content (AvgIpc) is 3.48. The first-order chi connectivity index (χ1) is 15.7. The van der Waals surface area contributed by atoms with E-state index < -0.39 is 0 Å². The van der Waals surface area contributed by atoms with E-state index in [2.05, 4.69) is 71.8 Å². The summed E-state index contributed by atoms with van der Waals surface area (Å²) in [6.07, 6.45) is 5.52. The van der Waals surface area contributed by atoms with E-state index in [0.717, 1.165) is 41.8 Å². The predicted molar refractivity (Wildman–Crippen MR) is 122 cm³/mol. The number of hydrogen-bond acceptors (Lipinski definition) is 4. The van der Waals surface area contributed by atoms with Gasteiger partial charge in [0.15, 0.2) is 0 Å². The maximum absolute atomic E-state index is 9.22. The van der Waals surface area contributed by atoms with Gasteiger partial charge in [-0.3, -0.25) is 5.10 Å². The molecule has 2 aliphatic carbocycles. The number of rotatable bonds is 4. The van der Waals surface area contributed by atoms with Gasteiger partial charge < -0.3 is 9.63 Å². The molecule has 0 spiro atoms. The van der Waals surface area contributed by atoms with Crippen LogP contribution in [0.5, 0.6) is 0 Å². The van der Waals surface area contributed by atoms with Crippen molar-refractivity contribution < 1.29 is 9.63 Å². The number of aliphatic hydroxyl groups excluding tert-OH is 1. The number of fused-ring (bicyclic) bond motifs is 4. The van der Waals surface area contributed by atoms with Crippen molar-refractivity contribution in [2.45, 2.75) is 43.9 Å². The molecule has 0 aliphatic heterocycles. The van der Waals surface area contributed by atoms with Crippen LogP contribution in [-0.4, -0.2) is 27.1 Å². The fourth-order valence-electron chi connectivity index (χ4n) is 6.26. The van der Waals surface area contributed by atoms with Crippen LogP contribution in [0, 0.1) is 5.92 Å². The molecular formula is C27H27N3O2. The Bertz CT molecular complexity index is 1240. The van der Waals surface area contributed by atoms with Gasteiger partial charge in [-0.15, -0.1) is 0 Å². The van der Waals surface area contributed by atoms with Crippen LogP contribution >= 0.6 is 0 Å². The molecule has 6 rings (SSSR count). The van der Waals surface area contributed by atoms with Gasteiger partial charge in [-0.1, -0.05) is 66.7 Å². The third-order valence-electron chi connectivity index (χ3n) is 7.73. The van der Waals surface area contributed by atoms with Crippen LogP contribution in [0.4, 0.5) is 0 Å². The first-order valence-corrected chi connectivity index (χ1v) is 11.5. The monoisotopic (exact) mass is 425 g/mol. The summed E-state index contributed by atoms with van der Waals surface area (Å²) in [5.74, 6) is 1.75. The third-order valence-corrected chi connectivity index (χ3v) is 7.73. The van der Waals surface area contributed by atoms with Crippen LogP contribution in [0.1, 0.15) is 53.0 Å². The molecular weight excluding hydrogens is 398 g/mol. The molecule has 0 saturated heterocycles. The molecule has 2 aromatic carbocycles. The molecule has 2 aromatic heterocycles. The van der Waals surface area contributed by atoms with E-state index in [4.69, 9.17) is 9.62 Å². The fourth-order valence-corrected chi connectivity index (χ4v) is 6.26. The van der Waals surface area contributed by atoms with Crippen molar-refractivity contribution in [1.29, 1.82) is 0 Å². The van der Waals surface area contributed by atoms with Crippen LogP contribution in [-0.2, 0) is 24.7 Å². The molecule has 4 aromatic rings. The summed E-state index contributed by atoms with van der Waals surface area (Å²) in [6, 6.07) is 19.3. The normalized spacial score (nSPS) is 23.9. The van der Waals surface area contributed by atoms with Gasteiger partial charge >= 0.3 is 0 Å². The maximum atomic E-state index is 9.22. The quantitative estimate of drug-likeness (QED) is 0.492. The molecule has 0 bridgehead atoms. The number of aliphatic hydroxyl groups is 1. The number of hydrogen-bond donors (Lipinski definition) is 2. The van der Waals surface area contributed by atoms with Crippen molar-refractivity contribution in [3.05, 3.63) is 94.5 Å². The maximum Gasteiger partial charge on any atom is 0.143 e. The second-order valence-corrected chi connectivity index (χ2v) is 9.26. The highest BCUT2D eigenvalue weighted by Gasteiger charge is 2.54. The average molecular weight is 426 g/mol.